The molecule has 2 aromatic heterocycles. The van der Waals surface area contributed by atoms with E-state index in [9.17, 15) is 0 Å². The lowest BCUT2D eigenvalue weighted by Gasteiger charge is -2.26. The second-order valence-corrected chi connectivity index (χ2v) is 7.26. The SMILES string of the molecule is Brc1ccc(C2CC(c3cccnc3)=Nc3nc4ccccc4n32)cc1. The number of halogens is 1. The third kappa shape index (κ3) is 2.56. The first-order valence-electron chi connectivity index (χ1n) is 8.50. The Morgan fingerprint density at radius 1 is 0.962 bits per heavy atom. The van der Waals surface area contributed by atoms with Gasteiger partial charge in [0.2, 0.25) is 5.95 Å². The summed E-state index contributed by atoms with van der Waals surface area (Å²) in [5.74, 6) is 0.754. The zero-order valence-electron chi connectivity index (χ0n) is 13.9. The highest BCUT2D eigenvalue weighted by Gasteiger charge is 2.27. The molecule has 1 aliphatic rings. The molecule has 4 nitrogen and oxygen atoms in total. The number of benzene rings is 2. The van der Waals surface area contributed by atoms with Gasteiger partial charge in [0.1, 0.15) is 0 Å². The molecule has 1 unspecified atom stereocenters. The number of pyridine rings is 1. The lowest BCUT2D eigenvalue weighted by Crippen LogP contribution is -2.20. The van der Waals surface area contributed by atoms with Crippen LogP contribution in [0.3, 0.4) is 0 Å². The minimum absolute atomic E-state index is 0.151. The summed E-state index contributed by atoms with van der Waals surface area (Å²) in [6.07, 6.45) is 4.46. The number of hydrogen-bond donors (Lipinski definition) is 0. The van der Waals surface area contributed by atoms with Crippen molar-refractivity contribution in [2.24, 2.45) is 4.99 Å². The van der Waals surface area contributed by atoms with Crippen LogP contribution in [0.1, 0.15) is 23.6 Å². The highest BCUT2D eigenvalue weighted by atomic mass is 79.9. The molecule has 2 aromatic carbocycles. The van der Waals surface area contributed by atoms with Crippen LogP contribution in [-0.4, -0.2) is 20.2 Å². The largest absolute Gasteiger partial charge is 0.300 e. The van der Waals surface area contributed by atoms with E-state index in [4.69, 9.17) is 9.98 Å². The van der Waals surface area contributed by atoms with Crippen LogP contribution in [0, 0.1) is 0 Å². The summed E-state index contributed by atoms with van der Waals surface area (Å²) in [5, 5.41) is 0. The van der Waals surface area contributed by atoms with E-state index < -0.39 is 0 Å². The van der Waals surface area contributed by atoms with Gasteiger partial charge < -0.3 is 4.57 Å². The first kappa shape index (κ1) is 15.5. The van der Waals surface area contributed by atoms with Crippen LogP contribution in [0.15, 0.2) is 82.5 Å². The van der Waals surface area contributed by atoms with Gasteiger partial charge >= 0.3 is 0 Å². The van der Waals surface area contributed by atoms with Crippen molar-refractivity contribution in [3.63, 3.8) is 0 Å². The fraction of sp³-hybridized carbons (Fsp3) is 0.0952. The monoisotopic (exact) mass is 402 g/mol. The van der Waals surface area contributed by atoms with Gasteiger partial charge in [-0.25, -0.2) is 9.98 Å². The molecular formula is C21H15BrN4. The number of nitrogens with zero attached hydrogens (tertiary/aromatic N) is 4. The van der Waals surface area contributed by atoms with Crippen LogP contribution in [0.5, 0.6) is 0 Å². The molecule has 0 amide bonds. The second-order valence-electron chi connectivity index (χ2n) is 6.34. The fourth-order valence-electron chi connectivity index (χ4n) is 3.53. The van der Waals surface area contributed by atoms with Crippen LogP contribution in [-0.2, 0) is 0 Å². The van der Waals surface area contributed by atoms with E-state index in [-0.39, 0.29) is 6.04 Å². The maximum Gasteiger partial charge on any atom is 0.231 e. The minimum Gasteiger partial charge on any atom is -0.300 e. The number of rotatable bonds is 2. The molecule has 4 aromatic rings. The van der Waals surface area contributed by atoms with Gasteiger partial charge in [-0.2, -0.15) is 0 Å². The fourth-order valence-corrected chi connectivity index (χ4v) is 3.79. The van der Waals surface area contributed by atoms with Gasteiger partial charge in [-0.3, -0.25) is 4.98 Å². The van der Waals surface area contributed by atoms with Gasteiger partial charge in [0.15, 0.2) is 0 Å². The Morgan fingerprint density at radius 2 is 1.81 bits per heavy atom. The number of hydrogen-bond acceptors (Lipinski definition) is 3. The Labute approximate surface area is 159 Å². The third-order valence-electron chi connectivity index (χ3n) is 4.76. The van der Waals surface area contributed by atoms with Crippen molar-refractivity contribution in [1.29, 1.82) is 0 Å². The maximum absolute atomic E-state index is 4.87. The molecule has 1 aliphatic heterocycles. The van der Waals surface area contributed by atoms with Crippen molar-refractivity contribution in [3.05, 3.63) is 88.7 Å². The summed E-state index contributed by atoms with van der Waals surface area (Å²) in [6, 6.07) is 20.9. The molecule has 3 heterocycles. The molecule has 0 saturated heterocycles. The lowest BCUT2D eigenvalue weighted by molar-refractivity contribution is 0.612. The average molecular weight is 403 g/mol. The molecule has 0 saturated carbocycles. The van der Waals surface area contributed by atoms with E-state index in [1.165, 1.54) is 5.56 Å². The Bertz CT molecular complexity index is 1110. The quantitative estimate of drug-likeness (QED) is 0.455. The molecular weight excluding hydrogens is 388 g/mol. The van der Waals surface area contributed by atoms with Gasteiger partial charge in [-0.05, 0) is 35.9 Å². The zero-order chi connectivity index (χ0) is 17.5. The molecule has 1 atom stereocenters. The third-order valence-corrected chi connectivity index (χ3v) is 5.29. The molecule has 0 spiro atoms. The molecule has 0 bridgehead atoms. The van der Waals surface area contributed by atoms with Crippen LogP contribution in [0.2, 0.25) is 0 Å². The second kappa shape index (κ2) is 6.18. The van der Waals surface area contributed by atoms with Gasteiger partial charge in [0.05, 0.1) is 22.8 Å². The Hall–Kier alpha value is -2.79. The standard InChI is InChI=1S/C21H15BrN4/c22-16-9-7-14(8-10-16)20-12-18(15-4-3-11-23-13-15)25-21-24-17-5-1-2-6-19(17)26(20)21/h1-11,13,20H,12H2. The molecule has 5 heteroatoms. The van der Waals surface area contributed by atoms with Crippen molar-refractivity contribution in [2.75, 3.05) is 0 Å². The highest BCUT2D eigenvalue weighted by molar-refractivity contribution is 9.10. The summed E-state index contributed by atoms with van der Waals surface area (Å²) in [5.41, 5.74) is 5.40. The van der Waals surface area contributed by atoms with Crippen molar-refractivity contribution in [3.8, 4) is 0 Å². The van der Waals surface area contributed by atoms with Crippen molar-refractivity contribution in [1.82, 2.24) is 14.5 Å². The van der Waals surface area contributed by atoms with E-state index in [0.29, 0.717) is 0 Å². The number of imidazole rings is 1. The van der Waals surface area contributed by atoms with E-state index in [1.54, 1.807) is 6.20 Å². The molecule has 0 aliphatic carbocycles. The van der Waals surface area contributed by atoms with Crippen LogP contribution in [0.4, 0.5) is 5.95 Å². The Balaban J connectivity index is 1.73. The summed E-state index contributed by atoms with van der Waals surface area (Å²) in [6.45, 7) is 0. The topological polar surface area (TPSA) is 43.1 Å². The molecule has 0 fully saturated rings. The van der Waals surface area contributed by atoms with Crippen molar-refractivity contribution in [2.45, 2.75) is 12.5 Å². The van der Waals surface area contributed by atoms with Gasteiger partial charge in [0.25, 0.3) is 0 Å². The van der Waals surface area contributed by atoms with Crippen molar-refractivity contribution >= 4 is 38.6 Å². The van der Waals surface area contributed by atoms with E-state index in [1.807, 2.05) is 24.4 Å². The Kier molecular flexibility index (Phi) is 3.68. The van der Waals surface area contributed by atoms with Gasteiger partial charge in [0, 0.05) is 28.9 Å². The smallest absolute Gasteiger partial charge is 0.231 e. The zero-order valence-corrected chi connectivity index (χ0v) is 15.5. The number of aliphatic imine (C=N–C) groups is 1. The minimum atomic E-state index is 0.151. The molecule has 26 heavy (non-hydrogen) atoms. The van der Waals surface area contributed by atoms with E-state index >= 15 is 0 Å². The molecule has 5 rings (SSSR count). The van der Waals surface area contributed by atoms with E-state index in [0.717, 1.165) is 39.2 Å². The molecule has 0 N–H and O–H groups in total. The summed E-state index contributed by atoms with van der Waals surface area (Å²) in [7, 11) is 0. The van der Waals surface area contributed by atoms with E-state index in [2.05, 4.69) is 67.9 Å². The van der Waals surface area contributed by atoms with Gasteiger partial charge in [-0.15, -0.1) is 0 Å². The first-order valence-corrected chi connectivity index (χ1v) is 9.29. The average Bonchev–Trinajstić information content (AvgIpc) is 3.07. The molecule has 126 valence electrons. The predicted molar refractivity (Wildman–Crippen MR) is 107 cm³/mol. The normalized spacial score (nSPS) is 16.3. The number of para-hydroxylation sites is 2. The summed E-state index contributed by atoms with van der Waals surface area (Å²) >= 11 is 3.53. The number of fused-ring (bicyclic) bond motifs is 3. The van der Waals surface area contributed by atoms with Gasteiger partial charge in [-0.1, -0.05) is 46.3 Å². The van der Waals surface area contributed by atoms with Crippen LogP contribution < -0.4 is 0 Å². The predicted octanol–water partition coefficient (Wildman–Crippen LogP) is 5.31. The summed E-state index contributed by atoms with van der Waals surface area (Å²) < 4.78 is 3.33. The summed E-state index contributed by atoms with van der Waals surface area (Å²) in [4.78, 5) is 13.9. The van der Waals surface area contributed by atoms with Crippen LogP contribution in [0.25, 0.3) is 11.0 Å². The van der Waals surface area contributed by atoms with Crippen LogP contribution >= 0.6 is 15.9 Å². The Morgan fingerprint density at radius 3 is 2.62 bits per heavy atom. The van der Waals surface area contributed by atoms with Crippen molar-refractivity contribution < 1.29 is 0 Å². The maximum atomic E-state index is 4.87. The lowest BCUT2D eigenvalue weighted by atomic mass is 9.96. The highest BCUT2D eigenvalue weighted by Crippen LogP contribution is 2.37. The molecule has 0 radical (unpaired) electrons. The number of aromatic nitrogens is 3. The first-order chi connectivity index (χ1) is 12.8.